The molecular weight excluding hydrogens is 201 g/mol. The Morgan fingerprint density at radius 1 is 1.29 bits per heavy atom. The molecule has 0 aliphatic rings. The van der Waals surface area contributed by atoms with Crippen LogP contribution in [0.1, 0.15) is 5.56 Å². The summed E-state index contributed by atoms with van der Waals surface area (Å²) >= 11 is 0. The SMILES string of the molecule is CN(Cc1ccccc1)CP(=O)(O)O. The maximum Gasteiger partial charge on any atom is 0.339 e. The lowest BCUT2D eigenvalue weighted by Gasteiger charge is -2.16. The highest BCUT2D eigenvalue weighted by atomic mass is 31.2. The Hall–Kier alpha value is -0.670. The molecule has 0 atom stereocenters. The second kappa shape index (κ2) is 4.71. The van der Waals surface area contributed by atoms with Gasteiger partial charge in [0.2, 0.25) is 0 Å². The minimum absolute atomic E-state index is 0.206. The van der Waals surface area contributed by atoms with Gasteiger partial charge in [-0.15, -0.1) is 0 Å². The van der Waals surface area contributed by atoms with Crippen LogP contribution in [0.4, 0.5) is 0 Å². The maximum atomic E-state index is 10.7. The Labute approximate surface area is 83.3 Å². The molecule has 0 radical (unpaired) electrons. The number of hydrogen-bond acceptors (Lipinski definition) is 2. The van der Waals surface area contributed by atoms with E-state index < -0.39 is 7.60 Å². The summed E-state index contributed by atoms with van der Waals surface area (Å²) in [7, 11) is -2.25. The molecule has 0 amide bonds. The molecule has 0 unspecified atom stereocenters. The zero-order valence-corrected chi connectivity index (χ0v) is 8.89. The van der Waals surface area contributed by atoms with Gasteiger partial charge in [0.25, 0.3) is 0 Å². The van der Waals surface area contributed by atoms with E-state index in [-0.39, 0.29) is 6.29 Å². The molecule has 0 aliphatic heterocycles. The van der Waals surface area contributed by atoms with Crippen molar-refractivity contribution in [2.24, 2.45) is 0 Å². The van der Waals surface area contributed by atoms with Crippen LogP contribution in [0.25, 0.3) is 0 Å². The van der Waals surface area contributed by atoms with Crippen molar-refractivity contribution in [2.75, 3.05) is 13.3 Å². The number of nitrogens with zero attached hydrogens (tertiary/aromatic N) is 1. The van der Waals surface area contributed by atoms with Crippen LogP contribution >= 0.6 is 7.60 Å². The molecule has 5 heteroatoms. The molecule has 0 spiro atoms. The summed E-state index contributed by atoms with van der Waals surface area (Å²) in [4.78, 5) is 19.1. The van der Waals surface area contributed by atoms with Crippen molar-refractivity contribution in [1.82, 2.24) is 4.90 Å². The highest BCUT2D eigenvalue weighted by molar-refractivity contribution is 7.51. The zero-order chi connectivity index (χ0) is 10.6. The summed E-state index contributed by atoms with van der Waals surface area (Å²) in [6.45, 7) is 0.548. The van der Waals surface area contributed by atoms with Crippen LogP contribution in [0.15, 0.2) is 30.3 Å². The lowest BCUT2D eigenvalue weighted by molar-refractivity contribution is 0.309. The van der Waals surface area contributed by atoms with Gasteiger partial charge in [0, 0.05) is 6.54 Å². The fourth-order valence-corrected chi connectivity index (χ4v) is 1.99. The van der Waals surface area contributed by atoms with Crippen molar-refractivity contribution in [3.8, 4) is 0 Å². The third kappa shape index (κ3) is 4.53. The summed E-state index contributed by atoms with van der Waals surface area (Å²) in [5.41, 5.74) is 1.04. The van der Waals surface area contributed by atoms with Crippen molar-refractivity contribution in [3.05, 3.63) is 35.9 Å². The monoisotopic (exact) mass is 215 g/mol. The number of rotatable bonds is 4. The van der Waals surface area contributed by atoms with Gasteiger partial charge < -0.3 is 9.79 Å². The van der Waals surface area contributed by atoms with Gasteiger partial charge in [-0.2, -0.15) is 0 Å². The predicted octanol–water partition coefficient (Wildman–Crippen LogP) is 1.25. The van der Waals surface area contributed by atoms with E-state index in [2.05, 4.69) is 0 Å². The molecule has 0 fully saturated rings. The van der Waals surface area contributed by atoms with Crippen molar-refractivity contribution < 1.29 is 14.4 Å². The third-order valence-electron chi connectivity index (χ3n) is 1.72. The van der Waals surface area contributed by atoms with Gasteiger partial charge in [-0.25, -0.2) is 0 Å². The van der Waals surface area contributed by atoms with Gasteiger partial charge >= 0.3 is 7.60 Å². The molecule has 2 N–H and O–H groups in total. The highest BCUT2D eigenvalue weighted by Crippen LogP contribution is 2.34. The van der Waals surface area contributed by atoms with Gasteiger partial charge in [0.1, 0.15) is 6.29 Å². The normalized spacial score (nSPS) is 12.0. The first-order chi connectivity index (χ1) is 6.47. The predicted molar refractivity (Wildman–Crippen MR) is 54.8 cm³/mol. The molecule has 1 aromatic rings. The second-order valence-electron chi connectivity index (χ2n) is 3.31. The van der Waals surface area contributed by atoms with Crippen molar-refractivity contribution in [3.63, 3.8) is 0 Å². The average Bonchev–Trinajstić information content (AvgIpc) is 2.02. The molecule has 0 bridgehead atoms. The maximum absolute atomic E-state index is 10.7. The number of hydrogen-bond donors (Lipinski definition) is 2. The van der Waals surface area contributed by atoms with Crippen LogP contribution < -0.4 is 0 Å². The van der Waals surface area contributed by atoms with Crippen molar-refractivity contribution >= 4 is 7.60 Å². The summed E-state index contributed by atoms with van der Waals surface area (Å²) in [5.74, 6) is 0. The quantitative estimate of drug-likeness (QED) is 0.742. The fraction of sp³-hybridized carbons (Fsp3) is 0.333. The van der Waals surface area contributed by atoms with Crippen LogP contribution in [0.3, 0.4) is 0 Å². The first-order valence-corrected chi connectivity index (χ1v) is 6.04. The van der Waals surface area contributed by atoms with E-state index in [4.69, 9.17) is 9.79 Å². The highest BCUT2D eigenvalue weighted by Gasteiger charge is 2.15. The summed E-state index contributed by atoms with van der Waals surface area (Å²) in [6, 6.07) is 9.57. The summed E-state index contributed by atoms with van der Waals surface area (Å²) < 4.78 is 10.7. The third-order valence-corrected chi connectivity index (χ3v) is 2.57. The molecule has 0 aliphatic carbocycles. The topological polar surface area (TPSA) is 60.8 Å². The van der Waals surface area contributed by atoms with E-state index in [9.17, 15) is 4.57 Å². The Morgan fingerprint density at radius 2 is 1.86 bits per heavy atom. The van der Waals surface area contributed by atoms with Gasteiger partial charge in [-0.05, 0) is 12.6 Å². The summed E-state index contributed by atoms with van der Waals surface area (Å²) in [6.07, 6.45) is -0.206. The van der Waals surface area contributed by atoms with Crippen LogP contribution in [-0.2, 0) is 11.1 Å². The van der Waals surface area contributed by atoms with Gasteiger partial charge in [-0.3, -0.25) is 9.46 Å². The van der Waals surface area contributed by atoms with Crippen molar-refractivity contribution in [2.45, 2.75) is 6.54 Å². The molecule has 78 valence electrons. The largest absolute Gasteiger partial charge is 0.339 e. The fourth-order valence-electron chi connectivity index (χ4n) is 1.26. The molecule has 4 nitrogen and oxygen atoms in total. The minimum atomic E-state index is -3.93. The first kappa shape index (κ1) is 11.4. The van der Waals surface area contributed by atoms with E-state index in [0.717, 1.165) is 5.56 Å². The van der Waals surface area contributed by atoms with Crippen molar-refractivity contribution in [1.29, 1.82) is 0 Å². The van der Waals surface area contributed by atoms with Gasteiger partial charge in [-0.1, -0.05) is 30.3 Å². The van der Waals surface area contributed by atoms with Crippen LogP contribution in [-0.4, -0.2) is 28.0 Å². The molecule has 0 saturated carbocycles. The zero-order valence-electron chi connectivity index (χ0n) is 8.00. The minimum Gasteiger partial charge on any atom is -0.324 e. The van der Waals surface area contributed by atoms with E-state index in [1.54, 1.807) is 11.9 Å². The Bertz CT molecular complexity index is 322. The van der Waals surface area contributed by atoms with Gasteiger partial charge in [0.15, 0.2) is 0 Å². The molecule has 0 aromatic heterocycles. The molecule has 1 rings (SSSR count). The Kier molecular flexibility index (Phi) is 3.84. The van der Waals surface area contributed by atoms with Crippen LogP contribution in [0, 0.1) is 0 Å². The molecule has 0 heterocycles. The number of benzene rings is 1. The average molecular weight is 215 g/mol. The molecule has 14 heavy (non-hydrogen) atoms. The van der Waals surface area contributed by atoms with E-state index in [1.165, 1.54) is 0 Å². The summed E-state index contributed by atoms with van der Waals surface area (Å²) in [5, 5.41) is 0. The van der Waals surface area contributed by atoms with E-state index >= 15 is 0 Å². The van der Waals surface area contributed by atoms with E-state index in [0.29, 0.717) is 6.54 Å². The molecular formula is C9H14NO3P. The molecule has 0 saturated heterocycles. The first-order valence-electron chi connectivity index (χ1n) is 4.24. The van der Waals surface area contributed by atoms with Crippen LogP contribution in [0.2, 0.25) is 0 Å². The van der Waals surface area contributed by atoms with E-state index in [1.807, 2.05) is 30.3 Å². The van der Waals surface area contributed by atoms with Gasteiger partial charge in [0.05, 0.1) is 0 Å². The Balaban J connectivity index is 2.50. The molecule has 1 aromatic carbocycles. The lowest BCUT2D eigenvalue weighted by atomic mass is 10.2. The Morgan fingerprint density at radius 3 is 2.36 bits per heavy atom. The standard InChI is InChI=1S/C9H14NO3P/c1-10(8-14(11,12)13)7-9-5-3-2-4-6-9/h2-6H,7-8H2,1H3,(H2,11,12,13). The lowest BCUT2D eigenvalue weighted by Crippen LogP contribution is -2.18. The smallest absolute Gasteiger partial charge is 0.324 e. The second-order valence-corrected chi connectivity index (χ2v) is 4.92. The van der Waals surface area contributed by atoms with Crippen LogP contribution in [0.5, 0.6) is 0 Å².